The molecule has 0 aliphatic heterocycles. The fourth-order valence-electron chi connectivity index (χ4n) is 0.0634. The van der Waals surface area contributed by atoms with Crippen LogP contribution in [0.1, 0.15) is 6.92 Å². The maximum Gasteiger partial charge on any atom is 0.430 e. The third-order valence-electron chi connectivity index (χ3n) is 0.770. The molecule has 5 heteroatoms. The SMILES string of the molecule is C[C@](O)(C#N)C(F)(F)F. The van der Waals surface area contributed by atoms with Gasteiger partial charge in [0.1, 0.15) is 6.07 Å². The smallest absolute Gasteiger partial charge is 0.368 e. The van der Waals surface area contributed by atoms with Crippen LogP contribution in [0.15, 0.2) is 0 Å². The molecule has 0 aliphatic carbocycles. The number of alkyl halides is 3. The van der Waals surface area contributed by atoms with Crippen LogP contribution in [0.25, 0.3) is 0 Å². The predicted octanol–water partition coefficient (Wildman–Crippen LogP) is 0.823. The van der Waals surface area contributed by atoms with Crippen LogP contribution in [0.4, 0.5) is 13.2 Å². The topological polar surface area (TPSA) is 44.0 Å². The monoisotopic (exact) mass is 139 g/mol. The Hall–Kier alpha value is -0.760. The highest BCUT2D eigenvalue weighted by Crippen LogP contribution is 2.28. The number of nitrogens with zero attached hydrogens (tertiary/aromatic N) is 1. The summed E-state index contributed by atoms with van der Waals surface area (Å²) in [6.45, 7) is 0.396. The van der Waals surface area contributed by atoms with Gasteiger partial charge in [-0.1, -0.05) is 0 Å². The van der Waals surface area contributed by atoms with Gasteiger partial charge in [0.05, 0.1) is 0 Å². The third kappa shape index (κ3) is 1.57. The van der Waals surface area contributed by atoms with Gasteiger partial charge >= 0.3 is 6.18 Å². The molecular weight excluding hydrogens is 135 g/mol. The van der Waals surface area contributed by atoms with Crippen LogP contribution in [0.2, 0.25) is 0 Å². The maximum absolute atomic E-state index is 11.4. The molecule has 0 rings (SSSR count). The van der Waals surface area contributed by atoms with Crippen molar-refractivity contribution in [1.29, 1.82) is 5.26 Å². The quantitative estimate of drug-likeness (QED) is 0.505. The molecule has 0 amide bonds. The minimum absolute atomic E-state index is 0.396. The van der Waals surface area contributed by atoms with E-state index < -0.39 is 11.8 Å². The summed E-state index contributed by atoms with van der Waals surface area (Å²) in [4.78, 5) is 0. The van der Waals surface area contributed by atoms with Crippen molar-refractivity contribution in [1.82, 2.24) is 0 Å². The van der Waals surface area contributed by atoms with Gasteiger partial charge < -0.3 is 5.11 Å². The van der Waals surface area contributed by atoms with Crippen molar-refractivity contribution in [3.63, 3.8) is 0 Å². The summed E-state index contributed by atoms with van der Waals surface area (Å²) in [6.07, 6.45) is -4.86. The molecule has 0 aromatic heterocycles. The summed E-state index contributed by atoms with van der Waals surface area (Å²) < 4.78 is 34.1. The van der Waals surface area contributed by atoms with Crippen molar-refractivity contribution in [2.45, 2.75) is 18.7 Å². The Morgan fingerprint density at radius 1 is 1.44 bits per heavy atom. The van der Waals surface area contributed by atoms with Gasteiger partial charge in [0.15, 0.2) is 0 Å². The number of aliphatic hydroxyl groups is 1. The lowest BCUT2D eigenvalue weighted by Gasteiger charge is -2.16. The second kappa shape index (κ2) is 1.88. The Morgan fingerprint density at radius 2 is 1.78 bits per heavy atom. The highest BCUT2D eigenvalue weighted by Gasteiger charge is 2.50. The molecule has 9 heavy (non-hydrogen) atoms. The van der Waals surface area contributed by atoms with Crippen LogP contribution in [0, 0.1) is 11.3 Å². The average Bonchev–Trinajstić information content (AvgIpc) is 1.64. The highest BCUT2D eigenvalue weighted by molar-refractivity contribution is 5.01. The minimum Gasteiger partial charge on any atom is -0.368 e. The van der Waals surface area contributed by atoms with E-state index in [0.717, 1.165) is 0 Å². The molecule has 1 N–H and O–H groups in total. The van der Waals surface area contributed by atoms with E-state index in [2.05, 4.69) is 0 Å². The van der Waals surface area contributed by atoms with E-state index in [9.17, 15) is 13.2 Å². The Balaban J connectivity index is 4.39. The van der Waals surface area contributed by atoms with Gasteiger partial charge in [-0.3, -0.25) is 0 Å². The molecule has 0 bridgehead atoms. The molecule has 52 valence electrons. The normalized spacial score (nSPS) is 18.2. The first-order valence-corrected chi connectivity index (χ1v) is 2.01. The van der Waals surface area contributed by atoms with Crippen molar-refractivity contribution in [2.75, 3.05) is 0 Å². The maximum atomic E-state index is 11.4. The second-order valence-corrected chi connectivity index (χ2v) is 1.68. The van der Waals surface area contributed by atoms with Crippen LogP contribution in [0.5, 0.6) is 0 Å². The second-order valence-electron chi connectivity index (χ2n) is 1.68. The van der Waals surface area contributed by atoms with E-state index in [0.29, 0.717) is 13.0 Å². The molecule has 0 aromatic carbocycles. The number of hydrogen-bond acceptors (Lipinski definition) is 2. The first kappa shape index (κ1) is 8.24. The Labute approximate surface area is 49.5 Å². The van der Waals surface area contributed by atoms with Gasteiger partial charge in [-0.15, -0.1) is 0 Å². The Kier molecular flexibility index (Phi) is 1.72. The molecule has 1 atom stereocenters. The Bertz CT molecular complexity index is 143. The van der Waals surface area contributed by atoms with Gasteiger partial charge in [-0.2, -0.15) is 18.4 Å². The lowest BCUT2D eigenvalue weighted by molar-refractivity contribution is -0.229. The van der Waals surface area contributed by atoms with E-state index in [-0.39, 0.29) is 0 Å². The van der Waals surface area contributed by atoms with Gasteiger partial charge in [-0.05, 0) is 6.92 Å². The molecule has 0 saturated heterocycles. The number of hydrogen-bond donors (Lipinski definition) is 1. The summed E-state index contributed by atoms with van der Waals surface area (Å²) in [5.41, 5.74) is -3.22. The molecular formula is C4H4F3NO. The van der Waals surface area contributed by atoms with Crippen LogP contribution < -0.4 is 0 Å². The lowest BCUT2D eigenvalue weighted by atomic mass is 10.1. The first-order valence-electron chi connectivity index (χ1n) is 2.01. The van der Waals surface area contributed by atoms with Gasteiger partial charge in [0.25, 0.3) is 0 Å². The first-order chi connectivity index (χ1) is 3.81. The molecule has 0 aliphatic rings. The molecule has 0 aromatic rings. The van der Waals surface area contributed by atoms with Crippen LogP contribution in [0.3, 0.4) is 0 Å². The minimum atomic E-state index is -4.86. The standard InChI is InChI=1S/C4H4F3NO/c1-3(9,2-8)4(5,6)7/h9H,1H3/t3-/m0/s1. The Morgan fingerprint density at radius 3 is 1.78 bits per heavy atom. The molecule has 2 nitrogen and oxygen atoms in total. The van der Waals surface area contributed by atoms with Crippen molar-refractivity contribution >= 4 is 0 Å². The van der Waals surface area contributed by atoms with Gasteiger partial charge in [0, 0.05) is 0 Å². The third-order valence-corrected chi connectivity index (χ3v) is 0.770. The molecule has 0 spiro atoms. The van der Waals surface area contributed by atoms with Crippen LogP contribution in [-0.2, 0) is 0 Å². The zero-order valence-electron chi connectivity index (χ0n) is 4.53. The van der Waals surface area contributed by atoms with Crippen molar-refractivity contribution < 1.29 is 18.3 Å². The average molecular weight is 139 g/mol. The highest BCUT2D eigenvalue weighted by atomic mass is 19.4. The van der Waals surface area contributed by atoms with E-state index in [1.807, 2.05) is 0 Å². The number of rotatable bonds is 0. The number of nitriles is 1. The van der Waals surface area contributed by atoms with Crippen LogP contribution >= 0.6 is 0 Å². The van der Waals surface area contributed by atoms with E-state index >= 15 is 0 Å². The number of halogens is 3. The summed E-state index contributed by atoms with van der Waals surface area (Å²) in [5, 5.41) is 15.9. The summed E-state index contributed by atoms with van der Waals surface area (Å²) in [7, 11) is 0. The van der Waals surface area contributed by atoms with E-state index in [1.165, 1.54) is 0 Å². The van der Waals surface area contributed by atoms with Gasteiger partial charge in [-0.25, -0.2) is 0 Å². The lowest BCUT2D eigenvalue weighted by Crippen LogP contribution is -2.40. The van der Waals surface area contributed by atoms with E-state index in [4.69, 9.17) is 10.4 Å². The van der Waals surface area contributed by atoms with Gasteiger partial charge in [0.2, 0.25) is 5.60 Å². The molecule has 0 heterocycles. The largest absolute Gasteiger partial charge is 0.430 e. The molecule has 0 fully saturated rings. The van der Waals surface area contributed by atoms with Crippen molar-refractivity contribution in [3.05, 3.63) is 0 Å². The predicted molar refractivity (Wildman–Crippen MR) is 22.3 cm³/mol. The molecule has 0 unspecified atom stereocenters. The zero-order chi connectivity index (χ0) is 7.71. The fourth-order valence-corrected chi connectivity index (χ4v) is 0.0634. The molecule has 0 radical (unpaired) electrons. The fraction of sp³-hybridized carbons (Fsp3) is 0.750. The summed E-state index contributed by atoms with van der Waals surface area (Å²) in [6, 6.07) is 0.712. The van der Waals surface area contributed by atoms with Crippen molar-refractivity contribution in [3.8, 4) is 6.07 Å². The zero-order valence-corrected chi connectivity index (χ0v) is 4.53. The molecule has 0 saturated carbocycles. The summed E-state index contributed by atoms with van der Waals surface area (Å²) >= 11 is 0. The van der Waals surface area contributed by atoms with E-state index in [1.54, 1.807) is 0 Å². The van der Waals surface area contributed by atoms with Crippen LogP contribution in [-0.4, -0.2) is 16.9 Å². The summed E-state index contributed by atoms with van der Waals surface area (Å²) in [5.74, 6) is 0. The van der Waals surface area contributed by atoms with Crippen molar-refractivity contribution in [2.24, 2.45) is 0 Å².